The number of hydrogen-bond donors (Lipinski definition) is 2. The molecular weight excluding hydrogens is 394 g/mol. The molecule has 2 aliphatic rings. The van der Waals surface area contributed by atoms with Gasteiger partial charge in [0.25, 0.3) is 5.91 Å². The highest BCUT2D eigenvalue weighted by Crippen LogP contribution is 2.35. The predicted molar refractivity (Wildman–Crippen MR) is 107 cm³/mol. The fraction of sp³-hybridized carbons (Fsp3) is 0.381. The molecule has 4 rings (SSSR count). The SMILES string of the molecule is O=C(CCN1C(=O)NC2(CCCC2)C1=O)NCc1ccc(-c2ccc(Cl)cc2)o1. The minimum atomic E-state index is -0.736. The molecule has 1 spiro atoms. The van der Waals surface area contributed by atoms with E-state index in [4.69, 9.17) is 16.0 Å². The topological polar surface area (TPSA) is 91.7 Å². The average molecular weight is 416 g/mol. The van der Waals surface area contributed by atoms with Crippen molar-refractivity contribution in [2.45, 2.75) is 44.2 Å². The number of nitrogens with zero attached hydrogens (tertiary/aromatic N) is 1. The van der Waals surface area contributed by atoms with Gasteiger partial charge in [-0.05, 0) is 49.2 Å². The number of hydrogen-bond acceptors (Lipinski definition) is 4. The third kappa shape index (κ3) is 4.00. The van der Waals surface area contributed by atoms with Gasteiger partial charge in [-0.25, -0.2) is 4.79 Å². The van der Waals surface area contributed by atoms with Crippen LogP contribution in [0.25, 0.3) is 11.3 Å². The first-order chi connectivity index (χ1) is 14.0. The second kappa shape index (κ2) is 7.91. The fourth-order valence-corrected chi connectivity index (χ4v) is 4.05. The van der Waals surface area contributed by atoms with Gasteiger partial charge in [-0.2, -0.15) is 0 Å². The van der Waals surface area contributed by atoms with Crippen molar-refractivity contribution in [2.75, 3.05) is 6.54 Å². The molecule has 4 amide bonds. The molecule has 1 saturated heterocycles. The van der Waals surface area contributed by atoms with Crippen LogP contribution in [0.1, 0.15) is 37.9 Å². The van der Waals surface area contributed by atoms with Crippen LogP contribution in [0.2, 0.25) is 5.02 Å². The van der Waals surface area contributed by atoms with Crippen molar-refractivity contribution >= 4 is 29.4 Å². The Morgan fingerprint density at radius 1 is 1.14 bits per heavy atom. The van der Waals surface area contributed by atoms with Crippen molar-refractivity contribution in [2.24, 2.45) is 0 Å². The summed E-state index contributed by atoms with van der Waals surface area (Å²) in [5.41, 5.74) is 0.158. The molecule has 1 aliphatic carbocycles. The quantitative estimate of drug-likeness (QED) is 0.706. The largest absolute Gasteiger partial charge is 0.459 e. The number of halogens is 1. The van der Waals surface area contributed by atoms with Gasteiger partial charge in [0.05, 0.1) is 6.54 Å². The lowest BCUT2D eigenvalue weighted by Crippen LogP contribution is -2.44. The lowest BCUT2D eigenvalue weighted by molar-refractivity contribution is -0.131. The third-order valence-corrected chi connectivity index (χ3v) is 5.77. The van der Waals surface area contributed by atoms with E-state index in [1.54, 1.807) is 18.2 Å². The van der Waals surface area contributed by atoms with Crippen molar-refractivity contribution < 1.29 is 18.8 Å². The first kappa shape index (κ1) is 19.5. The van der Waals surface area contributed by atoms with Crippen molar-refractivity contribution in [3.05, 3.63) is 47.2 Å². The molecule has 0 radical (unpaired) electrons. The van der Waals surface area contributed by atoms with Crippen LogP contribution in [-0.2, 0) is 16.1 Å². The number of imide groups is 1. The monoisotopic (exact) mass is 415 g/mol. The van der Waals surface area contributed by atoms with Gasteiger partial charge >= 0.3 is 6.03 Å². The highest BCUT2D eigenvalue weighted by atomic mass is 35.5. The molecule has 8 heteroatoms. The normalized spacial score (nSPS) is 17.8. The van der Waals surface area contributed by atoms with Crippen molar-refractivity contribution in [3.63, 3.8) is 0 Å². The molecule has 1 aliphatic heterocycles. The standard InChI is InChI=1S/C21H22ClN3O4/c22-15-5-3-14(4-6-15)17-8-7-16(29-17)13-23-18(26)9-12-25-19(27)21(24-20(25)28)10-1-2-11-21/h3-8H,1-2,9-13H2,(H,23,26)(H,24,28). The van der Waals surface area contributed by atoms with Crippen LogP contribution >= 0.6 is 11.6 Å². The molecule has 1 saturated carbocycles. The molecular formula is C21H22ClN3O4. The van der Waals surface area contributed by atoms with E-state index in [-0.39, 0.29) is 31.3 Å². The molecule has 2 heterocycles. The summed E-state index contributed by atoms with van der Waals surface area (Å²) in [6.07, 6.45) is 3.27. The molecule has 2 N–H and O–H groups in total. The molecule has 29 heavy (non-hydrogen) atoms. The summed E-state index contributed by atoms with van der Waals surface area (Å²) < 4.78 is 5.75. The summed E-state index contributed by atoms with van der Waals surface area (Å²) in [5.74, 6) is 0.851. The second-order valence-electron chi connectivity index (χ2n) is 7.48. The highest BCUT2D eigenvalue weighted by molar-refractivity contribution is 6.30. The lowest BCUT2D eigenvalue weighted by atomic mass is 9.98. The molecule has 1 aromatic heterocycles. The molecule has 2 aromatic rings. The summed E-state index contributed by atoms with van der Waals surface area (Å²) >= 11 is 5.89. The average Bonchev–Trinajstić information content (AvgIpc) is 3.41. The summed E-state index contributed by atoms with van der Waals surface area (Å²) in [5, 5.41) is 6.23. The zero-order valence-corrected chi connectivity index (χ0v) is 16.6. The lowest BCUT2D eigenvalue weighted by Gasteiger charge is -2.19. The summed E-state index contributed by atoms with van der Waals surface area (Å²) in [6, 6.07) is 10.5. The Bertz CT molecular complexity index is 932. The van der Waals surface area contributed by atoms with E-state index in [2.05, 4.69) is 10.6 Å². The number of amides is 4. The van der Waals surface area contributed by atoms with E-state index in [9.17, 15) is 14.4 Å². The van der Waals surface area contributed by atoms with Gasteiger partial charge in [-0.1, -0.05) is 24.4 Å². The highest BCUT2D eigenvalue weighted by Gasteiger charge is 2.52. The zero-order valence-electron chi connectivity index (χ0n) is 15.9. The fourth-order valence-electron chi connectivity index (χ4n) is 3.93. The van der Waals surface area contributed by atoms with Gasteiger partial charge in [0, 0.05) is 23.6 Å². The Kier molecular flexibility index (Phi) is 5.32. The molecule has 0 atom stereocenters. The van der Waals surface area contributed by atoms with Crippen molar-refractivity contribution in [3.8, 4) is 11.3 Å². The van der Waals surface area contributed by atoms with Crippen LogP contribution in [0.3, 0.4) is 0 Å². The van der Waals surface area contributed by atoms with Crippen LogP contribution in [0.5, 0.6) is 0 Å². The third-order valence-electron chi connectivity index (χ3n) is 5.52. The number of urea groups is 1. The molecule has 7 nitrogen and oxygen atoms in total. The number of furan rings is 1. The minimum Gasteiger partial charge on any atom is -0.459 e. The van der Waals surface area contributed by atoms with E-state index in [1.807, 2.05) is 18.2 Å². The van der Waals surface area contributed by atoms with Crippen LogP contribution in [-0.4, -0.2) is 34.8 Å². The number of carbonyl (C=O) groups is 3. The Hall–Kier alpha value is -2.80. The van der Waals surface area contributed by atoms with Crippen LogP contribution in [0, 0.1) is 0 Å². The van der Waals surface area contributed by atoms with Gasteiger partial charge in [0.2, 0.25) is 5.91 Å². The predicted octanol–water partition coefficient (Wildman–Crippen LogP) is 3.47. The van der Waals surface area contributed by atoms with E-state index in [1.165, 1.54) is 0 Å². The Balaban J connectivity index is 1.27. The van der Waals surface area contributed by atoms with Gasteiger partial charge in [0.15, 0.2) is 0 Å². The van der Waals surface area contributed by atoms with Crippen LogP contribution in [0.4, 0.5) is 4.79 Å². The van der Waals surface area contributed by atoms with Gasteiger partial charge in [0.1, 0.15) is 17.1 Å². The zero-order chi connectivity index (χ0) is 20.4. The van der Waals surface area contributed by atoms with E-state index < -0.39 is 11.6 Å². The summed E-state index contributed by atoms with van der Waals surface area (Å²) in [7, 11) is 0. The van der Waals surface area contributed by atoms with Gasteiger partial charge in [-0.15, -0.1) is 0 Å². The second-order valence-corrected chi connectivity index (χ2v) is 7.91. The Morgan fingerprint density at radius 3 is 2.59 bits per heavy atom. The Labute approximate surface area is 173 Å². The molecule has 0 unspecified atom stereocenters. The van der Waals surface area contributed by atoms with E-state index >= 15 is 0 Å². The molecule has 0 bridgehead atoms. The molecule has 152 valence electrons. The van der Waals surface area contributed by atoms with Crippen LogP contribution in [0.15, 0.2) is 40.8 Å². The number of benzene rings is 1. The van der Waals surface area contributed by atoms with Crippen LogP contribution < -0.4 is 10.6 Å². The van der Waals surface area contributed by atoms with E-state index in [0.29, 0.717) is 29.4 Å². The first-order valence-corrected chi connectivity index (χ1v) is 10.1. The maximum Gasteiger partial charge on any atom is 0.325 e. The van der Waals surface area contributed by atoms with Crippen molar-refractivity contribution in [1.82, 2.24) is 15.5 Å². The molecule has 1 aromatic carbocycles. The summed E-state index contributed by atoms with van der Waals surface area (Å²) in [6.45, 7) is 0.308. The van der Waals surface area contributed by atoms with Gasteiger partial charge in [-0.3, -0.25) is 14.5 Å². The van der Waals surface area contributed by atoms with E-state index in [0.717, 1.165) is 23.3 Å². The number of rotatable bonds is 6. The molecule has 2 fully saturated rings. The minimum absolute atomic E-state index is 0.0555. The number of nitrogens with one attached hydrogen (secondary N) is 2. The maximum absolute atomic E-state index is 12.6. The maximum atomic E-state index is 12.6. The smallest absolute Gasteiger partial charge is 0.325 e. The van der Waals surface area contributed by atoms with Gasteiger partial charge < -0.3 is 15.1 Å². The Morgan fingerprint density at radius 2 is 1.86 bits per heavy atom. The summed E-state index contributed by atoms with van der Waals surface area (Å²) in [4.78, 5) is 38.1. The van der Waals surface area contributed by atoms with Crippen molar-refractivity contribution in [1.29, 1.82) is 0 Å². The first-order valence-electron chi connectivity index (χ1n) is 9.72. The number of carbonyl (C=O) groups excluding carboxylic acids is 3.